The molecule has 0 radical (unpaired) electrons. The van der Waals surface area contributed by atoms with Crippen LogP contribution in [0.2, 0.25) is 0 Å². The molecule has 0 saturated heterocycles. The van der Waals surface area contributed by atoms with Gasteiger partial charge in [0, 0.05) is 16.6 Å². The van der Waals surface area contributed by atoms with Gasteiger partial charge >= 0.3 is 5.97 Å². The molecule has 5 nitrogen and oxygen atoms in total. The fourth-order valence-electron chi connectivity index (χ4n) is 1.69. The summed E-state index contributed by atoms with van der Waals surface area (Å²) in [5, 5.41) is 0. The summed E-state index contributed by atoms with van der Waals surface area (Å²) in [6, 6.07) is 7.03. The topological polar surface area (TPSA) is 74.7 Å². The fraction of sp³-hybridized carbons (Fsp3) is 0.214. The highest BCUT2D eigenvalue weighted by molar-refractivity contribution is 7.98. The number of ether oxygens (including phenoxy) is 2. The van der Waals surface area contributed by atoms with Crippen molar-refractivity contribution < 1.29 is 18.7 Å². The summed E-state index contributed by atoms with van der Waals surface area (Å²) in [7, 11) is 2.93. The second kappa shape index (κ2) is 6.38. The van der Waals surface area contributed by atoms with Crippen molar-refractivity contribution in [3.05, 3.63) is 41.9 Å². The first kappa shape index (κ1) is 14.3. The lowest BCUT2D eigenvalue weighted by molar-refractivity contribution is 0.0598. The molecule has 106 valence electrons. The van der Waals surface area contributed by atoms with Crippen LogP contribution in [0.15, 0.2) is 39.8 Å². The number of thioether (sulfide) groups is 1. The predicted molar refractivity (Wildman–Crippen MR) is 77.0 cm³/mol. The van der Waals surface area contributed by atoms with Gasteiger partial charge < -0.3 is 19.6 Å². The van der Waals surface area contributed by atoms with E-state index in [0.29, 0.717) is 28.5 Å². The Hall–Kier alpha value is -2.08. The van der Waals surface area contributed by atoms with E-state index in [4.69, 9.17) is 19.6 Å². The van der Waals surface area contributed by atoms with Gasteiger partial charge in [-0.25, -0.2) is 4.79 Å². The summed E-state index contributed by atoms with van der Waals surface area (Å²) in [4.78, 5) is 12.5. The highest BCUT2D eigenvalue weighted by Gasteiger charge is 2.16. The third-order valence-corrected chi connectivity index (χ3v) is 3.75. The second-order valence-electron chi connectivity index (χ2n) is 3.95. The molecule has 2 N–H and O–H groups in total. The molecule has 0 aliphatic rings. The Kier molecular flexibility index (Phi) is 4.57. The van der Waals surface area contributed by atoms with Gasteiger partial charge in [0.05, 0.1) is 26.2 Å². The standard InChI is InChI=1S/C14H15NO4S/c1-17-11-7-9(15)3-4-13(11)20-8-12-10(5-6-19-12)14(16)18-2/h3-7H,8,15H2,1-2H3. The van der Waals surface area contributed by atoms with Gasteiger partial charge in [-0.05, 0) is 18.2 Å². The van der Waals surface area contributed by atoms with Gasteiger partial charge in [0.15, 0.2) is 0 Å². The Bertz CT molecular complexity index is 609. The van der Waals surface area contributed by atoms with Crippen LogP contribution in [0.25, 0.3) is 0 Å². The Morgan fingerprint density at radius 3 is 2.85 bits per heavy atom. The van der Waals surface area contributed by atoms with Crippen LogP contribution in [0.3, 0.4) is 0 Å². The van der Waals surface area contributed by atoms with E-state index in [1.807, 2.05) is 6.07 Å². The monoisotopic (exact) mass is 293 g/mol. The molecule has 0 bridgehead atoms. The normalized spacial score (nSPS) is 10.3. The van der Waals surface area contributed by atoms with Crippen molar-refractivity contribution in [1.82, 2.24) is 0 Å². The minimum Gasteiger partial charge on any atom is -0.496 e. The first-order chi connectivity index (χ1) is 9.65. The van der Waals surface area contributed by atoms with E-state index in [0.717, 1.165) is 4.90 Å². The number of nitrogen functional groups attached to an aromatic ring is 1. The largest absolute Gasteiger partial charge is 0.496 e. The molecule has 20 heavy (non-hydrogen) atoms. The summed E-state index contributed by atoms with van der Waals surface area (Å²) in [5.74, 6) is 1.36. The molecule has 1 aromatic heterocycles. The van der Waals surface area contributed by atoms with Crippen molar-refractivity contribution in [3.63, 3.8) is 0 Å². The summed E-state index contributed by atoms with van der Waals surface area (Å²) >= 11 is 1.50. The quantitative estimate of drug-likeness (QED) is 0.519. The van der Waals surface area contributed by atoms with Gasteiger partial charge in [0.2, 0.25) is 0 Å². The van der Waals surface area contributed by atoms with Crippen LogP contribution < -0.4 is 10.5 Å². The zero-order valence-electron chi connectivity index (χ0n) is 11.2. The number of rotatable bonds is 5. The Morgan fingerprint density at radius 2 is 2.15 bits per heavy atom. The number of carbonyl (C=O) groups is 1. The Morgan fingerprint density at radius 1 is 1.35 bits per heavy atom. The number of hydrogen-bond acceptors (Lipinski definition) is 6. The van der Waals surface area contributed by atoms with Crippen LogP contribution in [-0.2, 0) is 10.5 Å². The summed E-state index contributed by atoms with van der Waals surface area (Å²) in [5.41, 5.74) is 6.78. The number of nitrogens with two attached hydrogens (primary N) is 1. The average Bonchev–Trinajstić information content (AvgIpc) is 2.93. The zero-order chi connectivity index (χ0) is 14.5. The van der Waals surface area contributed by atoms with Crippen molar-refractivity contribution in [3.8, 4) is 5.75 Å². The highest BCUT2D eigenvalue weighted by Crippen LogP contribution is 2.33. The van der Waals surface area contributed by atoms with Crippen molar-refractivity contribution in [2.45, 2.75) is 10.6 Å². The van der Waals surface area contributed by atoms with Gasteiger partial charge in [-0.3, -0.25) is 0 Å². The fourth-order valence-corrected chi connectivity index (χ4v) is 2.65. The molecule has 0 fully saturated rings. The number of anilines is 1. The van der Waals surface area contributed by atoms with Gasteiger partial charge in [-0.15, -0.1) is 11.8 Å². The van der Waals surface area contributed by atoms with Crippen molar-refractivity contribution >= 4 is 23.4 Å². The van der Waals surface area contributed by atoms with Crippen LogP contribution in [0.5, 0.6) is 5.75 Å². The molecule has 0 saturated carbocycles. The smallest absolute Gasteiger partial charge is 0.341 e. The summed E-state index contributed by atoms with van der Waals surface area (Å²) < 4.78 is 15.3. The molecule has 1 heterocycles. The Labute approximate surface area is 121 Å². The lowest BCUT2D eigenvalue weighted by Crippen LogP contribution is -2.02. The molecular weight excluding hydrogens is 278 g/mol. The lowest BCUT2D eigenvalue weighted by atomic mass is 10.3. The van der Waals surface area contributed by atoms with Crippen LogP contribution in [0.4, 0.5) is 5.69 Å². The summed E-state index contributed by atoms with van der Waals surface area (Å²) in [6.07, 6.45) is 1.47. The molecular formula is C14H15NO4S. The van der Waals surface area contributed by atoms with Gasteiger partial charge in [0.25, 0.3) is 0 Å². The van der Waals surface area contributed by atoms with E-state index in [1.165, 1.54) is 25.1 Å². The van der Waals surface area contributed by atoms with Gasteiger partial charge in [0.1, 0.15) is 17.1 Å². The zero-order valence-corrected chi connectivity index (χ0v) is 12.0. The van der Waals surface area contributed by atoms with Crippen LogP contribution >= 0.6 is 11.8 Å². The molecule has 0 atom stereocenters. The SMILES string of the molecule is COC(=O)c1ccoc1CSc1ccc(N)cc1OC. The third kappa shape index (κ3) is 3.08. The van der Waals surface area contributed by atoms with E-state index in [9.17, 15) is 4.79 Å². The number of methoxy groups -OCH3 is 2. The molecule has 0 amide bonds. The highest BCUT2D eigenvalue weighted by atomic mass is 32.2. The van der Waals surface area contributed by atoms with Crippen LogP contribution in [0, 0.1) is 0 Å². The van der Waals surface area contributed by atoms with Crippen molar-refractivity contribution in [2.24, 2.45) is 0 Å². The first-order valence-corrected chi connectivity index (χ1v) is 6.85. The van der Waals surface area contributed by atoms with E-state index in [-0.39, 0.29) is 0 Å². The number of benzene rings is 1. The molecule has 0 unspecified atom stereocenters. The maximum atomic E-state index is 11.5. The van der Waals surface area contributed by atoms with Crippen LogP contribution in [-0.4, -0.2) is 20.2 Å². The van der Waals surface area contributed by atoms with Gasteiger partial charge in [-0.1, -0.05) is 0 Å². The molecule has 0 spiro atoms. The lowest BCUT2D eigenvalue weighted by Gasteiger charge is -2.08. The summed E-state index contributed by atoms with van der Waals surface area (Å²) in [6.45, 7) is 0. The van der Waals surface area contributed by atoms with Crippen LogP contribution in [0.1, 0.15) is 16.1 Å². The average molecular weight is 293 g/mol. The van der Waals surface area contributed by atoms with Crippen molar-refractivity contribution in [2.75, 3.05) is 20.0 Å². The van der Waals surface area contributed by atoms with E-state index in [1.54, 1.807) is 25.3 Å². The molecule has 2 rings (SSSR count). The molecule has 2 aromatic rings. The van der Waals surface area contributed by atoms with Crippen molar-refractivity contribution in [1.29, 1.82) is 0 Å². The van der Waals surface area contributed by atoms with E-state index < -0.39 is 5.97 Å². The maximum absolute atomic E-state index is 11.5. The minimum atomic E-state index is -0.404. The minimum absolute atomic E-state index is 0.404. The molecule has 1 aromatic carbocycles. The third-order valence-electron chi connectivity index (χ3n) is 2.70. The molecule has 0 aliphatic carbocycles. The Balaban J connectivity index is 2.13. The second-order valence-corrected chi connectivity index (χ2v) is 4.97. The van der Waals surface area contributed by atoms with E-state index >= 15 is 0 Å². The molecule has 6 heteroatoms. The number of carbonyl (C=O) groups excluding carboxylic acids is 1. The first-order valence-electron chi connectivity index (χ1n) is 5.86. The van der Waals surface area contributed by atoms with E-state index in [2.05, 4.69) is 0 Å². The predicted octanol–water partition coefficient (Wildman–Crippen LogP) is 2.95. The number of furan rings is 1. The molecule has 0 aliphatic heterocycles. The maximum Gasteiger partial charge on any atom is 0.341 e. The van der Waals surface area contributed by atoms with Gasteiger partial charge in [-0.2, -0.15) is 0 Å². The number of hydrogen-bond donors (Lipinski definition) is 1. The number of esters is 1.